The van der Waals surface area contributed by atoms with Gasteiger partial charge in [0.15, 0.2) is 11.3 Å². The minimum atomic E-state index is -4.61. The van der Waals surface area contributed by atoms with Gasteiger partial charge in [-0.1, -0.05) is 11.2 Å². The fourth-order valence-corrected chi connectivity index (χ4v) is 5.80. The molecule has 2 N–H and O–H groups in total. The van der Waals surface area contributed by atoms with Crippen LogP contribution >= 0.6 is 0 Å². The summed E-state index contributed by atoms with van der Waals surface area (Å²) in [5.74, 6) is -3.66. The summed E-state index contributed by atoms with van der Waals surface area (Å²) in [6, 6.07) is 0.0748. The molecule has 0 bridgehead atoms. The molecular formula is C27H29F5N6O5. The minimum Gasteiger partial charge on any atom is -0.438 e. The summed E-state index contributed by atoms with van der Waals surface area (Å²) in [5, 5.41) is 12.4. The van der Waals surface area contributed by atoms with Gasteiger partial charge in [0.25, 0.3) is 5.91 Å². The van der Waals surface area contributed by atoms with E-state index in [9.17, 15) is 31.5 Å². The van der Waals surface area contributed by atoms with Gasteiger partial charge in [0, 0.05) is 25.9 Å². The number of benzene rings is 1. The van der Waals surface area contributed by atoms with Crippen LogP contribution in [0.1, 0.15) is 84.2 Å². The molecule has 1 aliphatic heterocycles. The predicted octanol–water partition coefficient (Wildman–Crippen LogP) is 5.03. The van der Waals surface area contributed by atoms with E-state index in [1.54, 1.807) is 18.2 Å². The summed E-state index contributed by atoms with van der Waals surface area (Å²) in [6.07, 6.45) is -3.42. The number of alkyl halides is 5. The normalized spacial score (nSPS) is 22.5. The van der Waals surface area contributed by atoms with Gasteiger partial charge in [-0.2, -0.15) is 13.2 Å². The van der Waals surface area contributed by atoms with Crippen molar-refractivity contribution in [2.45, 2.75) is 74.7 Å². The van der Waals surface area contributed by atoms with Gasteiger partial charge >= 0.3 is 12.2 Å². The number of oxazole rings is 1. The maximum Gasteiger partial charge on any atom is 0.410 e. The Morgan fingerprint density at radius 2 is 1.95 bits per heavy atom. The zero-order chi connectivity index (χ0) is 30.5. The minimum absolute atomic E-state index is 0.0236. The lowest BCUT2D eigenvalue weighted by molar-refractivity contribution is -0.150. The van der Waals surface area contributed by atoms with Crippen LogP contribution in [0.3, 0.4) is 0 Å². The van der Waals surface area contributed by atoms with Crippen LogP contribution in [0.4, 0.5) is 26.7 Å². The van der Waals surface area contributed by atoms with Crippen molar-refractivity contribution < 1.29 is 45.3 Å². The fourth-order valence-electron chi connectivity index (χ4n) is 5.80. The highest BCUT2D eigenvalue weighted by atomic mass is 19.4. The van der Waals surface area contributed by atoms with Crippen molar-refractivity contribution in [1.82, 2.24) is 30.8 Å². The van der Waals surface area contributed by atoms with E-state index in [1.165, 1.54) is 7.11 Å². The molecule has 43 heavy (non-hydrogen) atoms. The number of rotatable bonds is 9. The van der Waals surface area contributed by atoms with Gasteiger partial charge in [-0.3, -0.25) is 4.79 Å². The van der Waals surface area contributed by atoms with E-state index >= 15 is 0 Å². The number of carbonyl (C=O) groups excluding carboxylic acids is 2. The zero-order valence-electron chi connectivity index (χ0n) is 23.0. The second kappa shape index (κ2) is 11.0. The number of fused-ring (bicyclic) bond motifs is 1. The number of nitrogens with one attached hydrogen (secondary N) is 2. The van der Waals surface area contributed by atoms with Crippen LogP contribution in [0.25, 0.3) is 11.1 Å². The third kappa shape index (κ3) is 6.01. The van der Waals surface area contributed by atoms with Crippen molar-refractivity contribution in [1.29, 1.82) is 0 Å². The molecule has 3 heterocycles. The summed E-state index contributed by atoms with van der Waals surface area (Å²) < 4.78 is 84.0. The van der Waals surface area contributed by atoms with Gasteiger partial charge < -0.3 is 24.7 Å². The van der Waals surface area contributed by atoms with E-state index in [-0.39, 0.29) is 49.8 Å². The first-order valence-corrected chi connectivity index (χ1v) is 14.0. The van der Waals surface area contributed by atoms with Crippen molar-refractivity contribution >= 4 is 23.0 Å². The quantitative estimate of drug-likeness (QED) is 0.322. The van der Waals surface area contributed by atoms with Crippen LogP contribution in [0.15, 0.2) is 27.2 Å². The van der Waals surface area contributed by atoms with Gasteiger partial charge in [-0.05, 0) is 54.5 Å². The predicted molar refractivity (Wildman–Crippen MR) is 137 cm³/mol. The number of methoxy groups -OCH3 is 1. The first-order valence-electron chi connectivity index (χ1n) is 14.0. The van der Waals surface area contributed by atoms with Crippen LogP contribution in [0.5, 0.6) is 0 Å². The number of nitrogens with zero attached hydrogens (tertiary/aromatic N) is 4. The van der Waals surface area contributed by atoms with Crippen molar-refractivity contribution in [3.8, 4) is 0 Å². The molecule has 2 aliphatic carbocycles. The number of amides is 3. The summed E-state index contributed by atoms with van der Waals surface area (Å²) in [6.45, 7) is -0.684. The molecule has 0 radical (unpaired) electrons. The number of aromatic nitrogens is 3. The van der Waals surface area contributed by atoms with E-state index in [0.29, 0.717) is 22.4 Å². The van der Waals surface area contributed by atoms with Crippen LogP contribution in [-0.4, -0.2) is 70.5 Å². The topological polar surface area (TPSA) is 136 Å². The molecule has 0 spiro atoms. The van der Waals surface area contributed by atoms with E-state index in [4.69, 9.17) is 13.8 Å². The molecule has 3 atom stereocenters. The van der Waals surface area contributed by atoms with Gasteiger partial charge in [0.2, 0.25) is 11.8 Å². The standard InChI is InChI=1S/C27H29F5N6O5/c1-41-12-17(38-11-19(27(30,31)32)34-25(38)40)15-4-5-18-16(10-15)33-24(42-18)21(14-6-8-26(28,29)9-7-14)35-23(39)22-20(13-2-3-13)36-43-37-22/h4-5,10,13-14,17,19,21H,2-3,6-9,11-12H2,1H3,(H,34,40)(H,35,39)/t17-,19-,21-/m0/s1. The number of ether oxygens (including phenoxy) is 1. The molecule has 6 rings (SSSR count). The van der Waals surface area contributed by atoms with Crippen molar-refractivity contribution in [2.24, 2.45) is 5.92 Å². The third-order valence-electron chi connectivity index (χ3n) is 8.33. The molecule has 3 aromatic rings. The zero-order valence-corrected chi connectivity index (χ0v) is 23.0. The second-order valence-electron chi connectivity index (χ2n) is 11.4. The molecule has 2 saturated carbocycles. The molecule has 1 saturated heterocycles. The number of hydrogen-bond acceptors (Lipinski definition) is 8. The highest BCUT2D eigenvalue weighted by molar-refractivity contribution is 5.93. The Bertz CT molecular complexity index is 1490. The Hall–Kier alpha value is -3.82. The number of halogens is 5. The Kier molecular flexibility index (Phi) is 7.50. The van der Waals surface area contributed by atoms with Gasteiger partial charge in [-0.25, -0.2) is 23.2 Å². The van der Waals surface area contributed by atoms with Gasteiger partial charge in [0.1, 0.15) is 23.3 Å². The van der Waals surface area contributed by atoms with Gasteiger partial charge in [0.05, 0.1) is 19.2 Å². The van der Waals surface area contributed by atoms with Crippen LogP contribution in [0, 0.1) is 5.92 Å². The Balaban J connectivity index is 1.29. The summed E-state index contributed by atoms with van der Waals surface area (Å²) >= 11 is 0. The second-order valence-corrected chi connectivity index (χ2v) is 11.4. The molecule has 11 nitrogen and oxygen atoms in total. The Morgan fingerprint density at radius 1 is 1.21 bits per heavy atom. The van der Waals surface area contributed by atoms with Crippen LogP contribution in [-0.2, 0) is 4.74 Å². The summed E-state index contributed by atoms with van der Waals surface area (Å²) in [4.78, 5) is 31.4. The molecule has 2 aromatic heterocycles. The SMILES string of the molecule is COC[C@@H](c1ccc2oc([C@@H](NC(=O)c3nonc3C3CC3)C3CCC(F)(F)CC3)nc2c1)N1C[C@@H](C(F)(F)F)NC1=O. The molecule has 3 aliphatic rings. The summed E-state index contributed by atoms with van der Waals surface area (Å²) in [7, 11) is 1.37. The highest BCUT2D eigenvalue weighted by Gasteiger charge is 2.49. The van der Waals surface area contributed by atoms with Gasteiger partial charge in [-0.15, -0.1) is 0 Å². The lowest BCUT2D eigenvalue weighted by Crippen LogP contribution is -2.40. The molecule has 16 heteroatoms. The monoisotopic (exact) mass is 612 g/mol. The van der Waals surface area contributed by atoms with E-state index in [1.807, 2.05) is 5.32 Å². The van der Waals surface area contributed by atoms with Crippen LogP contribution in [0.2, 0.25) is 0 Å². The first-order chi connectivity index (χ1) is 20.4. The number of hydrogen-bond donors (Lipinski definition) is 2. The Labute approximate surface area is 241 Å². The maximum absolute atomic E-state index is 14.0. The number of urea groups is 1. The van der Waals surface area contributed by atoms with Crippen molar-refractivity contribution in [3.63, 3.8) is 0 Å². The first kappa shape index (κ1) is 29.3. The van der Waals surface area contributed by atoms with Crippen molar-refractivity contribution in [2.75, 3.05) is 20.3 Å². The van der Waals surface area contributed by atoms with E-state index < -0.39 is 54.6 Å². The molecule has 3 amide bonds. The smallest absolute Gasteiger partial charge is 0.410 e. The summed E-state index contributed by atoms with van der Waals surface area (Å²) in [5.41, 5.74) is 1.53. The molecular weight excluding hydrogens is 583 g/mol. The molecule has 3 fully saturated rings. The average molecular weight is 613 g/mol. The molecule has 232 valence electrons. The third-order valence-corrected chi connectivity index (χ3v) is 8.33. The van der Waals surface area contributed by atoms with E-state index in [0.717, 1.165) is 17.7 Å². The molecule has 1 aromatic carbocycles. The van der Waals surface area contributed by atoms with Crippen molar-refractivity contribution in [3.05, 3.63) is 41.0 Å². The largest absolute Gasteiger partial charge is 0.438 e. The molecule has 0 unspecified atom stereocenters. The number of carbonyl (C=O) groups is 2. The fraction of sp³-hybridized carbons (Fsp3) is 0.593. The van der Waals surface area contributed by atoms with E-state index in [2.05, 4.69) is 20.6 Å². The highest BCUT2D eigenvalue weighted by Crippen LogP contribution is 2.43. The lowest BCUT2D eigenvalue weighted by Gasteiger charge is -2.32. The lowest BCUT2D eigenvalue weighted by atomic mass is 9.82. The Morgan fingerprint density at radius 3 is 2.60 bits per heavy atom. The average Bonchev–Trinajstić information content (AvgIpc) is 3.33. The maximum atomic E-state index is 14.0. The van der Waals surface area contributed by atoms with Crippen LogP contribution < -0.4 is 10.6 Å².